The van der Waals surface area contributed by atoms with Crippen LogP contribution in [0.15, 0.2) is 28.0 Å². The van der Waals surface area contributed by atoms with Crippen LogP contribution in [-0.2, 0) is 9.84 Å². The fourth-order valence-electron chi connectivity index (χ4n) is 2.77. The van der Waals surface area contributed by atoms with Crippen molar-refractivity contribution in [1.82, 2.24) is 0 Å². The number of benzene rings is 2. The van der Waals surface area contributed by atoms with Crippen molar-refractivity contribution in [2.45, 2.75) is 44.4 Å². The highest BCUT2D eigenvalue weighted by Gasteiger charge is 2.27. The van der Waals surface area contributed by atoms with Crippen LogP contribution in [0.25, 0.3) is 0 Å². The minimum absolute atomic E-state index is 0.0151. The van der Waals surface area contributed by atoms with E-state index in [1.54, 1.807) is 40.7 Å². The van der Waals surface area contributed by atoms with Crippen molar-refractivity contribution in [2.75, 3.05) is 0 Å². The topological polar surface area (TPSA) is 74.6 Å². The highest BCUT2D eigenvalue weighted by Crippen LogP contribution is 2.36. The van der Waals surface area contributed by atoms with E-state index in [9.17, 15) is 18.6 Å². The summed E-state index contributed by atoms with van der Waals surface area (Å²) in [7, 11) is -3.84. The second-order valence-electron chi connectivity index (χ2n) is 5.70. The van der Waals surface area contributed by atoms with E-state index < -0.39 is 9.84 Å². The second kappa shape index (κ2) is 5.32. The summed E-state index contributed by atoms with van der Waals surface area (Å²) in [6.45, 7) is 8.49. The smallest absolute Gasteiger partial charge is 0.207 e. The maximum Gasteiger partial charge on any atom is 0.207 e. The molecule has 0 aliphatic rings. The first-order chi connectivity index (χ1) is 10.1. The third-order valence-corrected chi connectivity index (χ3v) is 6.19. The molecule has 2 rings (SSSR count). The molecule has 0 aliphatic heterocycles. The molecule has 0 atom stereocenters. The summed E-state index contributed by atoms with van der Waals surface area (Å²) >= 11 is 0. The Bertz CT molecular complexity index is 865. The van der Waals surface area contributed by atoms with Gasteiger partial charge in [0.1, 0.15) is 11.5 Å². The molecule has 0 aromatic heterocycles. The minimum atomic E-state index is -3.84. The monoisotopic (exact) mass is 320 g/mol. The van der Waals surface area contributed by atoms with Crippen LogP contribution in [0.2, 0.25) is 0 Å². The van der Waals surface area contributed by atoms with E-state index >= 15 is 0 Å². The van der Waals surface area contributed by atoms with Gasteiger partial charge < -0.3 is 10.2 Å². The van der Waals surface area contributed by atoms with Gasteiger partial charge in [0.25, 0.3) is 0 Å². The zero-order chi connectivity index (χ0) is 16.8. The van der Waals surface area contributed by atoms with Crippen LogP contribution in [-0.4, -0.2) is 18.6 Å². The van der Waals surface area contributed by atoms with Gasteiger partial charge in [-0.2, -0.15) is 0 Å². The number of phenolic OH excluding ortho intramolecular Hbond substituents is 2. The maximum atomic E-state index is 13.0. The zero-order valence-corrected chi connectivity index (χ0v) is 14.2. The van der Waals surface area contributed by atoms with Crippen LogP contribution in [0.4, 0.5) is 0 Å². The molecule has 0 radical (unpaired) electrons. The van der Waals surface area contributed by atoms with Gasteiger partial charge in [0.15, 0.2) is 0 Å². The van der Waals surface area contributed by atoms with E-state index in [1.165, 1.54) is 12.1 Å². The highest BCUT2D eigenvalue weighted by molar-refractivity contribution is 7.91. The maximum absolute atomic E-state index is 13.0. The molecule has 0 saturated carbocycles. The third-order valence-electron chi connectivity index (χ3n) is 4.02. The first-order valence-electron chi connectivity index (χ1n) is 6.92. The SMILES string of the molecule is Cc1cc(O)cc(S(=O)(=O)c2c(C)cc(C)c(O)c2C)c1C. The molecular formula is C17H20O4S. The molecule has 2 aromatic carbocycles. The summed E-state index contributed by atoms with van der Waals surface area (Å²) < 4.78 is 26.1. The first kappa shape index (κ1) is 16.4. The summed E-state index contributed by atoms with van der Waals surface area (Å²) in [6, 6.07) is 4.44. The molecule has 118 valence electrons. The van der Waals surface area contributed by atoms with Gasteiger partial charge >= 0.3 is 0 Å². The van der Waals surface area contributed by atoms with Crippen LogP contribution in [0.5, 0.6) is 11.5 Å². The lowest BCUT2D eigenvalue weighted by Gasteiger charge is -2.16. The molecule has 0 bridgehead atoms. The Kier molecular flexibility index (Phi) is 3.96. The fraction of sp³-hybridized carbons (Fsp3) is 0.294. The fourth-order valence-corrected chi connectivity index (χ4v) is 4.81. The van der Waals surface area contributed by atoms with Crippen molar-refractivity contribution in [3.05, 3.63) is 46.0 Å². The number of sulfone groups is 1. The van der Waals surface area contributed by atoms with Crippen LogP contribution in [0.3, 0.4) is 0 Å². The normalized spacial score (nSPS) is 11.7. The van der Waals surface area contributed by atoms with Crippen molar-refractivity contribution >= 4 is 9.84 Å². The zero-order valence-electron chi connectivity index (χ0n) is 13.4. The summed E-state index contributed by atoms with van der Waals surface area (Å²) in [5, 5.41) is 19.8. The van der Waals surface area contributed by atoms with E-state index in [0.29, 0.717) is 27.8 Å². The third kappa shape index (κ3) is 2.46. The van der Waals surface area contributed by atoms with Crippen molar-refractivity contribution in [3.63, 3.8) is 0 Å². The molecule has 0 fully saturated rings. The lowest BCUT2D eigenvalue weighted by atomic mass is 10.1. The standard InChI is InChI=1S/C17H20O4S/c1-9-7-14(18)8-15(12(9)4)22(20,21)17-11(3)6-10(2)16(19)13(17)5/h6-8,18-19H,1-5H3. The Morgan fingerprint density at radius 1 is 0.773 bits per heavy atom. The van der Waals surface area contributed by atoms with E-state index in [4.69, 9.17) is 0 Å². The van der Waals surface area contributed by atoms with Crippen molar-refractivity contribution < 1.29 is 18.6 Å². The molecule has 2 N–H and O–H groups in total. The number of rotatable bonds is 2. The Hall–Kier alpha value is -2.01. The molecule has 4 nitrogen and oxygen atoms in total. The Morgan fingerprint density at radius 3 is 1.95 bits per heavy atom. The molecule has 0 spiro atoms. The van der Waals surface area contributed by atoms with Crippen LogP contribution in [0.1, 0.15) is 27.8 Å². The number of hydrogen-bond acceptors (Lipinski definition) is 4. The van der Waals surface area contributed by atoms with Crippen LogP contribution >= 0.6 is 0 Å². The average molecular weight is 320 g/mol. The highest BCUT2D eigenvalue weighted by atomic mass is 32.2. The Balaban J connectivity index is 2.86. The van der Waals surface area contributed by atoms with Crippen molar-refractivity contribution in [1.29, 1.82) is 0 Å². The number of hydrogen-bond donors (Lipinski definition) is 2. The van der Waals surface area contributed by atoms with Gasteiger partial charge in [-0.25, -0.2) is 8.42 Å². The molecular weight excluding hydrogens is 300 g/mol. The van der Waals surface area contributed by atoms with Gasteiger partial charge in [-0.3, -0.25) is 0 Å². The van der Waals surface area contributed by atoms with Crippen LogP contribution in [0, 0.1) is 34.6 Å². The molecule has 0 unspecified atom stereocenters. The van der Waals surface area contributed by atoms with Gasteiger partial charge in [0.2, 0.25) is 9.84 Å². The summed E-state index contributed by atoms with van der Waals surface area (Å²) in [4.78, 5) is 0.170. The summed E-state index contributed by atoms with van der Waals surface area (Å²) in [5.74, 6) is -0.105. The molecule has 0 heterocycles. The molecule has 0 amide bonds. The molecule has 2 aromatic rings. The number of aryl methyl sites for hydroxylation is 3. The van der Waals surface area contributed by atoms with Gasteiger partial charge in [-0.1, -0.05) is 6.07 Å². The van der Waals surface area contributed by atoms with Crippen LogP contribution < -0.4 is 0 Å². The van der Waals surface area contributed by atoms with Crippen molar-refractivity contribution in [3.8, 4) is 11.5 Å². The number of phenols is 2. The predicted molar refractivity (Wildman–Crippen MR) is 85.4 cm³/mol. The Morgan fingerprint density at radius 2 is 1.36 bits per heavy atom. The number of aromatic hydroxyl groups is 2. The van der Waals surface area contributed by atoms with Gasteiger partial charge in [-0.05, 0) is 69.0 Å². The van der Waals surface area contributed by atoms with Crippen molar-refractivity contribution in [2.24, 2.45) is 0 Å². The summed E-state index contributed by atoms with van der Waals surface area (Å²) in [6.07, 6.45) is 0. The van der Waals surface area contributed by atoms with E-state index in [1.807, 2.05) is 0 Å². The van der Waals surface area contributed by atoms with E-state index in [-0.39, 0.29) is 21.3 Å². The average Bonchev–Trinajstić information content (AvgIpc) is 2.39. The van der Waals surface area contributed by atoms with E-state index in [0.717, 1.165) is 0 Å². The second-order valence-corrected chi connectivity index (χ2v) is 7.56. The first-order valence-corrected chi connectivity index (χ1v) is 8.40. The lowest BCUT2D eigenvalue weighted by molar-refractivity contribution is 0.463. The van der Waals surface area contributed by atoms with Gasteiger partial charge in [0, 0.05) is 5.56 Å². The minimum Gasteiger partial charge on any atom is -0.508 e. The molecule has 0 aliphatic carbocycles. The summed E-state index contributed by atoms with van der Waals surface area (Å²) in [5.41, 5.74) is 2.84. The molecule has 22 heavy (non-hydrogen) atoms. The largest absolute Gasteiger partial charge is 0.508 e. The molecule has 5 heteroatoms. The Labute approximate surface area is 131 Å². The predicted octanol–water partition coefficient (Wildman–Crippen LogP) is 3.47. The molecule has 0 saturated heterocycles. The van der Waals surface area contributed by atoms with E-state index in [2.05, 4.69) is 0 Å². The lowest BCUT2D eigenvalue weighted by Crippen LogP contribution is -2.09. The van der Waals surface area contributed by atoms with Gasteiger partial charge in [0.05, 0.1) is 9.79 Å². The van der Waals surface area contributed by atoms with Gasteiger partial charge in [-0.15, -0.1) is 0 Å². The quantitative estimate of drug-likeness (QED) is 0.888.